The molecule has 1 heterocycles. The molecule has 0 radical (unpaired) electrons. The molecular weight excluding hydrogens is 219 g/mol. The van der Waals surface area contributed by atoms with Gasteiger partial charge in [0.15, 0.2) is 0 Å². The number of nitrogens with zero attached hydrogens (tertiary/aromatic N) is 1. The molecule has 1 aliphatic heterocycles. The monoisotopic (exact) mass is 238 g/mol. The van der Waals surface area contributed by atoms with E-state index in [0.29, 0.717) is 12.8 Å². The first-order valence-corrected chi connectivity index (χ1v) is 5.91. The number of nitrogens with two attached hydrogens (primary N) is 1. The number of methoxy groups -OCH3 is 1. The summed E-state index contributed by atoms with van der Waals surface area (Å²) in [5.41, 5.74) is 6.46. The summed E-state index contributed by atoms with van der Waals surface area (Å²) in [5, 5.41) is 0. The van der Waals surface area contributed by atoms with E-state index in [1.165, 1.54) is 0 Å². The van der Waals surface area contributed by atoms with Crippen molar-refractivity contribution in [2.45, 2.75) is 18.4 Å². The largest absolute Gasteiger partial charge is 0.497 e. The lowest BCUT2D eigenvalue weighted by Gasteiger charge is -2.38. The van der Waals surface area contributed by atoms with Crippen molar-refractivity contribution in [3.05, 3.63) is 24.3 Å². The van der Waals surface area contributed by atoms with Gasteiger partial charge in [-0.25, -0.2) is 4.39 Å². The number of hydrogen-bond acceptors (Lipinski definition) is 3. The smallest absolute Gasteiger partial charge is 0.119 e. The predicted octanol–water partition coefficient (Wildman–Crippen LogP) is 1.96. The summed E-state index contributed by atoms with van der Waals surface area (Å²) in [6, 6.07) is 7.93. The third-order valence-electron chi connectivity index (χ3n) is 3.46. The lowest BCUT2D eigenvalue weighted by Crippen LogP contribution is -2.52. The van der Waals surface area contributed by atoms with Gasteiger partial charge in [0.1, 0.15) is 12.4 Å². The molecule has 0 atom stereocenters. The van der Waals surface area contributed by atoms with Gasteiger partial charge in [0.05, 0.1) is 7.11 Å². The molecule has 1 fully saturated rings. The normalized spacial score (nSPS) is 19.1. The molecule has 3 nitrogen and oxygen atoms in total. The number of hydrogen-bond donors (Lipinski definition) is 1. The molecule has 0 spiro atoms. The van der Waals surface area contributed by atoms with Gasteiger partial charge in [0.25, 0.3) is 0 Å². The van der Waals surface area contributed by atoms with Gasteiger partial charge in [-0.05, 0) is 37.1 Å². The van der Waals surface area contributed by atoms with Crippen LogP contribution < -0.4 is 15.4 Å². The number of piperidine rings is 1. The molecular formula is C13H19FN2O. The first kappa shape index (κ1) is 12.2. The summed E-state index contributed by atoms with van der Waals surface area (Å²) in [6.07, 6.45) is 1.41. The molecule has 1 saturated heterocycles. The molecule has 4 heteroatoms. The van der Waals surface area contributed by atoms with E-state index in [2.05, 4.69) is 4.90 Å². The Balaban J connectivity index is 2.00. The van der Waals surface area contributed by atoms with Gasteiger partial charge in [0.2, 0.25) is 0 Å². The fourth-order valence-corrected chi connectivity index (χ4v) is 2.14. The Labute approximate surface area is 101 Å². The lowest BCUT2D eigenvalue weighted by atomic mass is 9.90. The molecule has 17 heavy (non-hydrogen) atoms. The van der Waals surface area contributed by atoms with E-state index in [9.17, 15) is 4.39 Å². The number of alkyl halides is 1. The molecule has 2 N–H and O–H groups in total. The minimum atomic E-state index is -0.608. The third-order valence-corrected chi connectivity index (χ3v) is 3.46. The second-order valence-corrected chi connectivity index (χ2v) is 4.68. The van der Waals surface area contributed by atoms with Crippen LogP contribution in [-0.2, 0) is 0 Å². The molecule has 1 aliphatic rings. The van der Waals surface area contributed by atoms with Gasteiger partial charge in [-0.2, -0.15) is 0 Å². The van der Waals surface area contributed by atoms with Crippen molar-refractivity contribution in [1.29, 1.82) is 0 Å². The number of anilines is 1. The quantitative estimate of drug-likeness (QED) is 0.875. The number of benzene rings is 1. The summed E-state index contributed by atoms with van der Waals surface area (Å²) in [7, 11) is 1.65. The van der Waals surface area contributed by atoms with Gasteiger partial charge in [0, 0.05) is 24.3 Å². The van der Waals surface area contributed by atoms with E-state index in [1.807, 2.05) is 24.3 Å². The van der Waals surface area contributed by atoms with Crippen LogP contribution in [0.5, 0.6) is 5.75 Å². The lowest BCUT2D eigenvalue weighted by molar-refractivity contribution is 0.255. The topological polar surface area (TPSA) is 38.5 Å². The van der Waals surface area contributed by atoms with Crippen LogP contribution in [0.25, 0.3) is 0 Å². The van der Waals surface area contributed by atoms with E-state index in [0.717, 1.165) is 24.5 Å². The molecule has 0 saturated carbocycles. The minimum Gasteiger partial charge on any atom is -0.497 e. The Hall–Kier alpha value is -1.29. The first-order valence-electron chi connectivity index (χ1n) is 5.91. The van der Waals surface area contributed by atoms with Crippen molar-refractivity contribution >= 4 is 5.69 Å². The van der Waals surface area contributed by atoms with E-state index in [4.69, 9.17) is 10.5 Å². The average molecular weight is 238 g/mol. The molecule has 0 bridgehead atoms. The molecule has 0 amide bonds. The van der Waals surface area contributed by atoms with E-state index in [-0.39, 0.29) is 0 Å². The van der Waals surface area contributed by atoms with Crippen LogP contribution in [0.3, 0.4) is 0 Å². The highest BCUT2D eigenvalue weighted by Crippen LogP contribution is 2.26. The Morgan fingerprint density at radius 1 is 1.29 bits per heavy atom. The summed E-state index contributed by atoms with van der Waals surface area (Å²) >= 11 is 0. The molecule has 0 unspecified atom stereocenters. The summed E-state index contributed by atoms with van der Waals surface area (Å²) in [5.74, 6) is 0.850. The van der Waals surface area contributed by atoms with E-state index >= 15 is 0 Å². The predicted molar refractivity (Wildman–Crippen MR) is 67.3 cm³/mol. The second kappa shape index (κ2) is 4.92. The Morgan fingerprint density at radius 2 is 1.88 bits per heavy atom. The molecule has 2 rings (SSSR count). The Kier molecular flexibility index (Phi) is 3.52. The van der Waals surface area contributed by atoms with Crippen LogP contribution in [-0.4, -0.2) is 32.4 Å². The van der Waals surface area contributed by atoms with Gasteiger partial charge in [-0.1, -0.05) is 0 Å². The van der Waals surface area contributed by atoms with Crippen molar-refractivity contribution in [2.75, 3.05) is 31.8 Å². The summed E-state index contributed by atoms with van der Waals surface area (Å²) in [6.45, 7) is 1.20. The van der Waals surface area contributed by atoms with Crippen molar-refractivity contribution in [3.8, 4) is 5.75 Å². The van der Waals surface area contributed by atoms with Crippen LogP contribution in [0.2, 0.25) is 0 Å². The fraction of sp³-hybridized carbons (Fsp3) is 0.538. The second-order valence-electron chi connectivity index (χ2n) is 4.68. The maximum atomic E-state index is 12.7. The zero-order chi connectivity index (χ0) is 12.3. The van der Waals surface area contributed by atoms with Crippen LogP contribution in [0.4, 0.5) is 10.1 Å². The standard InChI is InChI=1S/C13H19FN2O/c1-17-12-4-2-11(3-5-12)16-8-6-13(15,10-14)7-9-16/h2-5H,6-10,15H2,1H3. The van der Waals surface area contributed by atoms with Crippen LogP contribution in [0.1, 0.15) is 12.8 Å². The number of ether oxygens (including phenoxy) is 1. The van der Waals surface area contributed by atoms with Gasteiger partial charge in [-0.3, -0.25) is 0 Å². The zero-order valence-corrected chi connectivity index (χ0v) is 10.2. The molecule has 1 aromatic rings. The van der Waals surface area contributed by atoms with Crippen molar-refractivity contribution in [1.82, 2.24) is 0 Å². The molecule has 1 aromatic carbocycles. The zero-order valence-electron chi connectivity index (χ0n) is 10.2. The van der Waals surface area contributed by atoms with Gasteiger partial charge in [-0.15, -0.1) is 0 Å². The Morgan fingerprint density at radius 3 is 2.35 bits per heavy atom. The molecule has 0 aromatic heterocycles. The van der Waals surface area contributed by atoms with Crippen LogP contribution >= 0.6 is 0 Å². The van der Waals surface area contributed by atoms with E-state index in [1.54, 1.807) is 7.11 Å². The SMILES string of the molecule is COc1ccc(N2CCC(N)(CF)CC2)cc1. The molecule has 94 valence electrons. The summed E-state index contributed by atoms with van der Waals surface area (Å²) in [4.78, 5) is 2.24. The van der Waals surface area contributed by atoms with Crippen molar-refractivity contribution in [2.24, 2.45) is 5.73 Å². The summed E-state index contributed by atoms with van der Waals surface area (Å²) < 4.78 is 17.9. The average Bonchev–Trinajstić information content (AvgIpc) is 2.40. The fourth-order valence-electron chi connectivity index (χ4n) is 2.14. The highest BCUT2D eigenvalue weighted by atomic mass is 19.1. The van der Waals surface area contributed by atoms with Gasteiger partial charge < -0.3 is 15.4 Å². The Bertz CT molecular complexity index is 358. The molecule has 0 aliphatic carbocycles. The third kappa shape index (κ3) is 2.69. The van der Waals surface area contributed by atoms with E-state index < -0.39 is 12.2 Å². The minimum absolute atomic E-state index is 0.427. The van der Waals surface area contributed by atoms with Crippen molar-refractivity contribution in [3.63, 3.8) is 0 Å². The highest BCUT2D eigenvalue weighted by molar-refractivity contribution is 5.49. The van der Waals surface area contributed by atoms with Crippen molar-refractivity contribution < 1.29 is 9.13 Å². The maximum Gasteiger partial charge on any atom is 0.119 e. The van der Waals surface area contributed by atoms with Crippen LogP contribution in [0.15, 0.2) is 24.3 Å². The van der Waals surface area contributed by atoms with Gasteiger partial charge >= 0.3 is 0 Å². The highest BCUT2D eigenvalue weighted by Gasteiger charge is 2.30. The number of rotatable bonds is 3. The maximum absolute atomic E-state index is 12.7. The first-order chi connectivity index (χ1) is 8.17. The number of halogens is 1. The van der Waals surface area contributed by atoms with Crippen LogP contribution in [0, 0.1) is 0 Å².